The Morgan fingerprint density at radius 1 is 1.19 bits per heavy atom. The molecule has 4 rings (SSSR count). The second kappa shape index (κ2) is 6.77. The van der Waals surface area contributed by atoms with Crippen LogP contribution in [0.4, 0.5) is 4.39 Å². The standard InChI is InChI=1S/C19H22FN5O2/c1-12-17(13(2)25(22-12)15-5-3-14(20)4-6-15)19(27)24-10-9-23-8-7-21-18(26)16(23)11-24/h3-6,16H,7-11H2,1-2H3,(H,21,26). The number of carbonyl (C=O) groups excluding carboxylic acids is 2. The molecule has 1 unspecified atom stereocenters. The van der Waals surface area contributed by atoms with Crippen LogP contribution in [0.3, 0.4) is 0 Å². The third kappa shape index (κ3) is 3.10. The summed E-state index contributed by atoms with van der Waals surface area (Å²) in [5.41, 5.74) is 2.58. The first-order chi connectivity index (χ1) is 13.0. The van der Waals surface area contributed by atoms with Crippen LogP contribution < -0.4 is 5.32 Å². The van der Waals surface area contributed by atoms with Gasteiger partial charge in [0, 0.05) is 32.7 Å². The summed E-state index contributed by atoms with van der Waals surface area (Å²) in [4.78, 5) is 29.2. The minimum Gasteiger partial charge on any atom is -0.353 e. The minimum atomic E-state index is -0.319. The lowest BCUT2D eigenvalue weighted by Gasteiger charge is -2.43. The van der Waals surface area contributed by atoms with Gasteiger partial charge in [0.15, 0.2) is 0 Å². The molecule has 0 saturated carbocycles. The lowest BCUT2D eigenvalue weighted by molar-refractivity contribution is -0.131. The second-order valence-corrected chi connectivity index (χ2v) is 7.03. The molecule has 0 bridgehead atoms. The van der Waals surface area contributed by atoms with Gasteiger partial charge < -0.3 is 10.2 Å². The van der Waals surface area contributed by atoms with E-state index in [9.17, 15) is 14.0 Å². The molecule has 2 aliphatic rings. The van der Waals surface area contributed by atoms with Crippen molar-refractivity contribution in [3.05, 3.63) is 47.0 Å². The highest BCUT2D eigenvalue weighted by Crippen LogP contribution is 2.22. The Balaban J connectivity index is 1.61. The molecule has 1 N–H and O–H groups in total. The maximum absolute atomic E-state index is 13.2. The fourth-order valence-electron chi connectivity index (χ4n) is 3.91. The zero-order valence-corrected chi connectivity index (χ0v) is 15.4. The molecule has 2 amide bonds. The first-order valence-electron chi connectivity index (χ1n) is 9.09. The van der Waals surface area contributed by atoms with E-state index in [1.165, 1.54) is 12.1 Å². The average molecular weight is 371 g/mol. The van der Waals surface area contributed by atoms with Gasteiger partial charge in [-0.25, -0.2) is 9.07 Å². The Hall–Kier alpha value is -2.74. The Bertz CT molecular complexity index is 892. The normalized spacial score (nSPS) is 20.3. The van der Waals surface area contributed by atoms with E-state index in [0.717, 1.165) is 6.54 Å². The second-order valence-electron chi connectivity index (χ2n) is 7.03. The first-order valence-corrected chi connectivity index (χ1v) is 9.09. The molecular formula is C19H22FN5O2. The minimum absolute atomic E-state index is 0.0193. The zero-order chi connectivity index (χ0) is 19.1. The summed E-state index contributed by atoms with van der Waals surface area (Å²) in [6.45, 7) is 6.76. The number of fused-ring (bicyclic) bond motifs is 1. The molecule has 2 aliphatic heterocycles. The van der Waals surface area contributed by atoms with E-state index in [-0.39, 0.29) is 23.7 Å². The summed E-state index contributed by atoms with van der Waals surface area (Å²) >= 11 is 0. The maximum Gasteiger partial charge on any atom is 0.257 e. The van der Waals surface area contributed by atoms with Crippen molar-refractivity contribution >= 4 is 11.8 Å². The molecule has 142 valence electrons. The lowest BCUT2D eigenvalue weighted by atomic mass is 10.1. The van der Waals surface area contributed by atoms with Crippen molar-refractivity contribution in [2.45, 2.75) is 19.9 Å². The van der Waals surface area contributed by atoms with Crippen molar-refractivity contribution in [3.63, 3.8) is 0 Å². The largest absolute Gasteiger partial charge is 0.353 e. The van der Waals surface area contributed by atoms with E-state index in [1.807, 2.05) is 6.92 Å². The third-order valence-corrected chi connectivity index (χ3v) is 5.36. The van der Waals surface area contributed by atoms with Gasteiger partial charge in [0.1, 0.15) is 11.9 Å². The number of aryl methyl sites for hydroxylation is 1. The highest BCUT2D eigenvalue weighted by Gasteiger charge is 2.37. The van der Waals surface area contributed by atoms with Crippen LogP contribution in [0.1, 0.15) is 21.7 Å². The highest BCUT2D eigenvalue weighted by molar-refractivity contribution is 5.97. The van der Waals surface area contributed by atoms with E-state index in [4.69, 9.17) is 0 Å². The van der Waals surface area contributed by atoms with Crippen molar-refractivity contribution in [1.29, 1.82) is 0 Å². The van der Waals surface area contributed by atoms with Crippen molar-refractivity contribution in [3.8, 4) is 5.69 Å². The molecule has 1 aromatic carbocycles. The molecule has 2 fully saturated rings. The molecule has 7 nitrogen and oxygen atoms in total. The number of halogens is 1. The molecule has 2 aromatic rings. The number of benzene rings is 1. The number of carbonyl (C=O) groups is 2. The van der Waals surface area contributed by atoms with E-state index < -0.39 is 0 Å². The quantitative estimate of drug-likeness (QED) is 0.851. The Labute approximate surface area is 156 Å². The number of aromatic nitrogens is 2. The van der Waals surface area contributed by atoms with Gasteiger partial charge in [-0.15, -0.1) is 0 Å². The average Bonchev–Trinajstić information content (AvgIpc) is 2.96. The van der Waals surface area contributed by atoms with Crippen LogP contribution in [0.5, 0.6) is 0 Å². The van der Waals surface area contributed by atoms with Crippen molar-refractivity contribution in [2.75, 3.05) is 32.7 Å². The van der Waals surface area contributed by atoms with Gasteiger partial charge >= 0.3 is 0 Å². The number of piperazine rings is 2. The predicted octanol–water partition coefficient (Wildman–Crippen LogP) is 0.884. The number of nitrogens with zero attached hydrogens (tertiary/aromatic N) is 4. The zero-order valence-electron chi connectivity index (χ0n) is 15.4. The van der Waals surface area contributed by atoms with Gasteiger partial charge in [0.05, 0.1) is 22.6 Å². The number of hydrogen-bond acceptors (Lipinski definition) is 4. The van der Waals surface area contributed by atoms with Gasteiger partial charge in [-0.1, -0.05) is 0 Å². The number of hydrogen-bond donors (Lipinski definition) is 1. The third-order valence-electron chi connectivity index (χ3n) is 5.36. The van der Waals surface area contributed by atoms with Crippen molar-refractivity contribution in [1.82, 2.24) is 24.9 Å². The molecule has 2 saturated heterocycles. The first kappa shape index (κ1) is 17.7. The smallest absolute Gasteiger partial charge is 0.257 e. The SMILES string of the molecule is Cc1nn(-c2ccc(F)cc2)c(C)c1C(=O)N1CCN2CCNC(=O)C2C1. The van der Waals surface area contributed by atoms with Crippen molar-refractivity contribution < 1.29 is 14.0 Å². The molecule has 0 aliphatic carbocycles. The summed E-state index contributed by atoms with van der Waals surface area (Å²) in [6, 6.07) is 5.72. The van der Waals surface area contributed by atoms with Crippen LogP contribution in [0.15, 0.2) is 24.3 Å². The van der Waals surface area contributed by atoms with E-state index in [0.29, 0.717) is 48.8 Å². The van der Waals surface area contributed by atoms with Crippen LogP contribution >= 0.6 is 0 Å². The summed E-state index contributed by atoms with van der Waals surface area (Å²) in [5, 5.41) is 7.35. The Morgan fingerprint density at radius 2 is 1.93 bits per heavy atom. The van der Waals surface area contributed by atoms with Crippen LogP contribution in [0, 0.1) is 19.7 Å². The fourth-order valence-corrected chi connectivity index (χ4v) is 3.91. The van der Waals surface area contributed by atoms with Crippen LogP contribution in [-0.4, -0.2) is 70.2 Å². The van der Waals surface area contributed by atoms with E-state index in [1.54, 1.807) is 28.6 Å². The molecule has 0 spiro atoms. The number of amides is 2. The van der Waals surface area contributed by atoms with Gasteiger partial charge in [0.25, 0.3) is 5.91 Å². The van der Waals surface area contributed by atoms with Crippen LogP contribution in [0.2, 0.25) is 0 Å². The Morgan fingerprint density at radius 3 is 2.67 bits per heavy atom. The highest BCUT2D eigenvalue weighted by atomic mass is 19.1. The molecule has 3 heterocycles. The molecule has 0 radical (unpaired) electrons. The van der Waals surface area contributed by atoms with E-state index >= 15 is 0 Å². The summed E-state index contributed by atoms with van der Waals surface area (Å²) in [7, 11) is 0. The maximum atomic E-state index is 13.2. The fraction of sp³-hybridized carbons (Fsp3) is 0.421. The summed E-state index contributed by atoms with van der Waals surface area (Å²) < 4.78 is 14.9. The molecular weight excluding hydrogens is 349 g/mol. The van der Waals surface area contributed by atoms with Gasteiger partial charge in [-0.3, -0.25) is 14.5 Å². The molecule has 1 atom stereocenters. The van der Waals surface area contributed by atoms with E-state index in [2.05, 4.69) is 15.3 Å². The molecule has 1 aromatic heterocycles. The van der Waals surface area contributed by atoms with Crippen molar-refractivity contribution in [2.24, 2.45) is 0 Å². The van der Waals surface area contributed by atoms with Crippen LogP contribution in [-0.2, 0) is 4.79 Å². The van der Waals surface area contributed by atoms with Crippen LogP contribution in [0.25, 0.3) is 5.69 Å². The summed E-state index contributed by atoms with van der Waals surface area (Å²) in [5.74, 6) is -0.453. The number of nitrogens with one attached hydrogen (secondary N) is 1. The molecule has 8 heteroatoms. The Kier molecular flexibility index (Phi) is 4.43. The van der Waals surface area contributed by atoms with Gasteiger partial charge in [0.2, 0.25) is 5.91 Å². The monoisotopic (exact) mass is 371 g/mol. The van der Waals surface area contributed by atoms with Gasteiger partial charge in [-0.2, -0.15) is 5.10 Å². The topological polar surface area (TPSA) is 70.5 Å². The summed E-state index contributed by atoms with van der Waals surface area (Å²) in [6.07, 6.45) is 0. The predicted molar refractivity (Wildman–Crippen MR) is 97.3 cm³/mol. The van der Waals surface area contributed by atoms with Gasteiger partial charge in [-0.05, 0) is 38.1 Å². The number of rotatable bonds is 2. The lowest BCUT2D eigenvalue weighted by Crippen LogP contribution is -2.64. The molecule has 27 heavy (non-hydrogen) atoms.